The van der Waals surface area contributed by atoms with Crippen LogP contribution in [0.25, 0.3) is 0 Å². The Balaban J connectivity index is 2.82. The molecule has 0 aliphatic carbocycles. The zero-order valence-corrected chi connectivity index (χ0v) is 9.44. The van der Waals surface area contributed by atoms with E-state index >= 15 is 0 Å². The number of hydrogen-bond donors (Lipinski definition) is 1. The van der Waals surface area contributed by atoms with Crippen molar-refractivity contribution in [3.05, 3.63) is 29.6 Å². The molecule has 0 spiro atoms. The first kappa shape index (κ1) is 12.2. The Morgan fingerprint density at radius 3 is 3.13 bits per heavy atom. The minimum atomic E-state index is -0.658. The Bertz CT molecular complexity index is 325. The first-order valence-corrected chi connectivity index (χ1v) is 5.07. The van der Waals surface area contributed by atoms with Crippen molar-refractivity contribution in [1.29, 1.82) is 0 Å². The molecule has 1 rings (SSSR count). The number of nitrogens with zero attached hydrogens (tertiary/aromatic N) is 2. The van der Waals surface area contributed by atoms with Crippen LogP contribution in [0.2, 0.25) is 5.02 Å². The van der Waals surface area contributed by atoms with Crippen molar-refractivity contribution < 1.29 is 9.84 Å². The molecule has 0 bridgehead atoms. The fraction of sp³-hybridized carbons (Fsp3) is 0.500. The molecule has 1 atom stereocenters. The molecule has 84 valence electrons. The van der Waals surface area contributed by atoms with Gasteiger partial charge in [0, 0.05) is 7.11 Å². The van der Waals surface area contributed by atoms with Gasteiger partial charge in [-0.25, -0.2) is 0 Å². The van der Waals surface area contributed by atoms with Crippen LogP contribution in [0.1, 0.15) is 18.2 Å². The lowest BCUT2D eigenvalue weighted by Gasteiger charge is -2.12. The van der Waals surface area contributed by atoms with E-state index in [9.17, 15) is 5.11 Å². The van der Waals surface area contributed by atoms with E-state index in [4.69, 9.17) is 16.3 Å². The molecule has 0 saturated carbocycles. The van der Waals surface area contributed by atoms with Crippen LogP contribution in [0.4, 0.5) is 0 Å². The second-order valence-electron chi connectivity index (χ2n) is 3.13. The van der Waals surface area contributed by atoms with Crippen molar-refractivity contribution in [2.75, 3.05) is 13.7 Å². The van der Waals surface area contributed by atoms with Crippen molar-refractivity contribution >= 4 is 11.6 Å². The molecule has 0 aliphatic rings. The molecular weight excluding hydrogens is 216 g/mol. The average Bonchev–Trinajstić information content (AvgIpc) is 2.57. The van der Waals surface area contributed by atoms with Crippen LogP contribution in [0, 0.1) is 0 Å². The summed E-state index contributed by atoms with van der Waals surface area (Å²) in [5, 5.41) is 14.4. The molecule has 0 radical (unpaired) electrons. The Kier molecular flexibility index (Phi) is 4.81. The van der Waals surface area contributed by atoms with Gasteiger partial charge in [0.1, 0.15) is 6.10 Å². The van der Waals surface area contributed by atoms with E-state index in [0.29, 0.717) is 30.3 Å². The van der Waals surface area contributed by atoms with E-state index in [2.05, 4.69) is 11.7 Å². The third kappa shape index (κ3) is 3.06. The Labute approximate surface area is 94.1 Å². The van der Waals surface area contributed by atoms with E-state index in [-0.39, 0.29) is 0 Å². The Morgan fingerprint density at radius 1 is 1.80 bits per heavy atom. The van der Waals surface area contributed by atoms with Crippen molar-refractivity contribution in [2.24, 2.45) is 0 Å². The third-order valence-corrected chi connectivity index (χ3v) is 2.34. The average molecular weight is 231 g/mol. The van der Waals surface area contributed by atoms with Crippen LogP contribution >= 0.6 is 11.6 Å². The highest BCUT2D eigenvalue weighted by Gasteiger charge is 2.16. The molecule has 4 nitrogen and oxygen atoms in total. The summed E-state index contributed by atoms with van der Waals surface area (Å²) >= 11 is 5.94. The normalized spacial score (nSPS) is 12.7. The van der Waals surface area contributed by atoms with Gasteiger partial charge in [-0.05, 0) is 6.42 Å². The quantitative estimate of drug-likeness (QED) is 0.758. The van der Waals surface area contributed by atoms with Gasteiger partial charge in [-0.1, -0.05) is 17.7 Å². The second kappa shape index (κ2) is 5.90. The number of aromatic nitrogens is 2. The van der Waals surface area contributed by atoms with Gasteiger partial charge < -0.3 is 9.84 Å². The first-order valence-electron chi connectivity index (χ1n) is 4.69. The van der Waals surface area contributed by atoms with Crippen LogP contribution < -0.4 is 0 Å². The van der Waals surface area contributed by atoms with Gasteiger partial charge in [0.15, 0.2) is 0 Å². The zero-order valence-electron chi connectivity index (χ0n) is 8.69. The third-order valence-electron chi connectivity index (χ3n) is 2.05. The van der Waals surface area contributed by atoms with Gasteiger partial charge >= 0.3 is 0 Å². The van der Waals surface area contributed by atoms with Crippen LogP contribution in [-0.4, -0.2) is 28.6 Å². The molecule has 0 saturated heterocycles. The van der Waals surface area contributed by atoms with E-state index in [1.165, 1.54) is 6.20 Å². The van der Waals surface area contributed by atoms with Crippen molar-refractivity contribution in [3.63, 3.8) is 0 Å². The standard InChI is InChI=1S/C10H15ClN2O2/c1-3-4-9(14)10-8(11)7-12-13(10)5-6-15-2/h3,7,9,14H,1,4-6H2,2H3. The smallest absolute Gasteiger partial charge is 0.101 e. The van der Waals surface area contributed by atoms with Gasteiger partial charge in [0.05, 0.1) is 30.1 Å². The minimum absolute atomic E-state index is 0.457. The highest BCUT2D eigenvalue weighted by Crippen LogP contribution is 2.25. The van der Waals surface area contributed by atoms with E-state index < -0.39 is 6.10 Å². The van der Waals surface area contributed by atoms with Gasteiger partial charge in [-0.2, -0.15) is 5.10 Å². The summed E-state index contributed by atoms with van der Waals surface area (Å²) in [7, 11) is 1.62. The van der Waals surface area contributed by atoms with Crippen LogP contribution in [0.5, 0.6) is 0 Å². The number of halogens is 1. The molecule has 5 heteroatoms. The van der Waals surface area contributed by atoms with E-state index in [1.807, 2.05) is 0 Å². The number of rotatable bonds is 6. The van der Waals surface area contributed by atoms with Crippen LogP contribution in [-0.2, 0) is 11.3 Å². The maximum atomic E-state index is 9.81. The highest BCUT2D eigenvalue weighted by molar-refractivity contribution is 6.31. The zero-order chi connectivity index (χ0) is 11.3. The molecule has 1 aromatic heterocycles. The fourth-order valence-electron chi connectivity index (χ4n) is 1.33. The largest absolute Gasteiger partial charge is 0.386 e. The van der Waals surface area contributed by atoms with Crippen LogP contribution in [0.15, 0.2) is 18.9 Å². The lowest BCUT2D eigenvalue weighted by Crippen LogP contribution is -2.12. The first-order chi connectivity index (χ1) is 7.20. The summed E-state index contributed by atoms with van der Waals surface area (Å²) in [5.74, 6) is 0. The maximum absolute atomic E-state index is 9.81. The highest BCUT2D eigenvalue weighted by atomic mass is 35.5. The monoisotopic (exact) mass is 230 g/mol. The molecule has 1 heterocycles. The van der Waals surface area contributed by atoms with Gasteiger partial charge in [0.2, 0.25) is 0 Å². The lowest BCUT2D eigenvalue weighted by atomic mass is 10.2. The second-order valence-corrected chi connectivity index (χ2v) is 3.54. The number of aliphatic hydroxyl groups excluding tert-OH is 1. The number of ether oxygens (including phenoxy) is 1. The van der Waals surface area contributed by atoms with Gasteiger partial charge in [0.25, 0.3) is 0 Å². The fourth-order valence-corrected chi connectivity index (χ4v) is 1.60. The molecule has 15 heavy (non-hydrogen) atoms. The summed E-state index contributed by atoms with van der Waals surface area (Å²) in [4.78, 5) is 0. The molecule has 1 aromatic rings. The predicted molar refractivity (Wildman–Crippen MR) is 58.9 cm³/mol. The Morgan fingerprint density at radius 2 is 2.53 bits per heavy atom. The van der Waals surface area contributed by atoms with E-state index in [1.54, 1.807) is 17.9 Å². The molecule has 0 aliphatic heterocycles. The summed E-state index contributed by atoms with van der Waals surface area (Å²) in [6.45, 7) is 4.68. The number of methoxy groups -OCH3 is 1. The minimum Gasteiger partial charge on any atom is -0.386 e. The lowest BCUT2D eigenvalue weighted by molar-refractivity contribution is 0.155. The van der Waals surface area contributed by atoms with Crippen molar-refractivity contribution in [1.82, 2.24) is 9.78 Å². The summed E-state index contributed by atoms with van der Waals surface area (Å²) in [6, 6.07) is 0. The van der Waals surface area contributed by atoms with Gasteiger partial charge in [-0.15, -0.1) is 6.58 Å². The topological polar surface area (TPSA) is 47.3 Å². The summed E-state index contributed by atoms with van der Waals surface area (Å²) in [5.41, 5.74) is 0.619. The maximum Gasteiger partial charge on any atom is 0.101 e. The number of aliphatic hydroxyl groups is 1. The van der Waals surface area contributed by atoms with Crippen molar-refractivity contribution in [3.8, 4) is 0 Å². The summed E-state index contributed by atoms with van der Waals surface area (Å²) < 4.78 is 6.60. The van der Waals surface area contributed by atoms with Crippen molar-refractivity contribution in [2.45, 2.75) is 19.1 Å². The molecular formula is C10H15ClN2O2. The summed E-state index contributed by atoms with van der Waals surface area (Å²) in [6.07, 6.45) is 2.97. The molecule has 0 fully saturated rings. The molecule has 0 aromatic carbocycles. The van der Waals surface area contributed by atoms with E-state index in [0.717, 1.165) is 0 Å². The Hall–Kier alpha value is -0.840. The molecule has 1 N–H and O–H groups in total. The molecule has 1 unspecified atom stereocenters. The van der Waals surface area contributed by atoms with Crippen LogP contribution in [0.3, 0.4) is 0 Å². The SMILES string of the molecule is C=CCC(O)c1c(Cl)cnn1CCOC. The number of hydrogen-bond acceptors (Lipinski definition) is 3. The predicted octanol–water partition coefficient (Wildman–Crippen LogP) is 1.79. The molecule has 0 amide bonds. The van der Waals surface area contributed by atoms with Gasteiger partial charge in [-0.3, -0.25) is 4.68 Å².